The number of pyridine rings is 1. The third-order valence-corrected chi connectivity index (χ3v) is 5.75. The maximum absolute atomic E-state index is 12.3. The van der Waals surface area contributed by atoms with E-state index in [-0.39, 0.29) is 11.9 Å². The highest BCUT2D eigenvalue weighted by Gasteiger charge is 2.23. The lowest BCUT2D eigenvalue weighted by molar-refractivity contribution is -0.132. The first-order valence-corrected chi connectivity index (χ1v) is 11.6. The van der Waals surface area contributed by atoms with Crippen LogP contribution in [0.3, 0.4) is 0 Å². The summed E-state index contributed by atoms with van der Waals surface area (Å²) in [6.45, 7) is 8.03. The molecule has 3 aromatic heterocycles. The molecular weight excluding hydrogens is 434 g/mol. The quantitative estimate of drug-likeness (QED) is 0.517. The van der Waals surface area contributed by atoms with Gasteiger partial charge in [0.2, 0.25) is 5.91 Å². The van der Waals surface area contributed by atoms with Gasteiger partial charge in [0.1, 0.15) is 5.82 Å². The van der Waals surface area contributed by atoms with E-state index in [1.54, 1.807) is 10.7 Å². The van der Waals surface area contributed by atoms with Crippen molar-refractivity contribution in [3.05, 3.63) is 35.3 Å². The first kappa shape index (κ1) is 23.7. The number of fused-ring (bicyclic) bond motifs is 1. The number of aryl methyl sites for hydroxylation is 1. The van der Waals surface area contributed by atoms with Crippen LogP contribution in [-0.2, 0) is 11.2 Å². The number of rotatable bonds is 8. The number of nitrogen functional groups attached to an aromatic ring is 1. The Labute approximate surface area is 199 Å². The third-order valence-electron chi connectivity index (χ3n) is 5.75. The van der Waals surface area contributed by atoms with Crippen LogP contribution in [0.4, 0.5) is 11.6 Å². The van der Waals surface area contributed by atoms with Crippen molar-refractivity contribution in [2.75, 3.05) is 64.1 Å². The summed E-state index contributed by atoms with van der Waals surface area (Å²) in [6, 6.07) is 2.39. The number of nitrogens with zero attached hydrogens (tertiary/aromatic N) is 8. The van der Waals surface area contributed by atoms with Crippen LogP contribution in [0.2, 0.25) is 0 Å². The molecule has 0 saturated carbocycles. The van der Waals surface area contributed by atoms with Gasteiger partial charge >= 0.3 is 6.01 Å². The van der Waals surface area contributed by atoms with Crippen LogP contribution in [0.25, 0.3) is 5.65 Å². The number of amides is 1. The van der Waals surface area contributed by atoms with Gasteiger partial charge in [0.15, 0.2) is 11.5 Å². The van der Waals surface area contributed by atoms with Gasteiger partial charge < -0.3 is 25.2 Å². The molecule has 1 fully saturated rings. The monoisotopic (exact) mass is 467 g/mol. The molecule has 0 spiro atoms. The maximum atomic E-state index is 12.3. The topological polar surface area (TPSA) is 118 Å². The summed E-state index contributed by atoms with van der Waals surface area (Å²) in [5.41, 5.74) is 9.60. The van der Waals surface area contributed by atoms with E-state index in [0.717, 1.165) is 42.1 Å². The van der Waals surface area contributed by atoms with Crippen molar-refractivity contribution in [2.24, 2.45) is 0 Å². The largest absolute Gasteiger partial charge is 0.462 e. The highest BCUT2D eigenvalue weighted by Crippen LogP contribution is 2.22. The third kappa shape index (κ3) is 5.19. The van der Waals surface area contributed by atoms with Gasteiger partial charge in [-0.25, -0.2) is 14.5 Å². The molecule has 4 rings (SSSR count). The summed E-state index contributed by atoms with van der Waals surface area (Å²) in [4.78, 5) is 31.7. The number of hydrogen-bond donors (Lipinski definition) is 1. The van der Waals surface area contributed by atoms with Crippen LogP contribution in [0.15, 0.2) is 18.5 Å². The van der Waals surface area contributed by atoms with E-state index in [4.69, 9.17) is 15.5 Å². The van der Waals surface area contributed by atoms with Crippen LogP contribution in [0, 0.1) is 6.92 Å². The number of likely N-dealkylation sites (N-methyl/N-ethyl adjacent to an activating group) is 1. The van der Waals surface area contributed by atoms with E-state index in [9.17, 15) is 4.79 Å². The normalized spacial score (nSPS) is 14.3. The number of hydrogen-bond acceptors (Lipinski definition) is 9. The van der Waals surface area contributed by atoms with Gasteiger partial charge in [-0.1, -0.05) is 13.0 Å². The Morgan fingerprint density at radius 2 is 1.94 bits per heavy atom. The molecule has 34 heavy (non-hydrogen) atoms. The molecule has 11 nitrogen and oxygen atoms in total. The molecule has 182 valence electrons. The van der Waals surface area contributed by atoms with E-state index in [1.165, 1.54) is 0 Å². The van der Waals surface area contributed by atoms with Crippen molar-refractivity contribution >= 4 is 23.2 Å². The lowest BCUT2D eigenvalue weighted by Crippen LogP contribution is -2.51. The number of ether oxygens (including phenoxy) is 1. The SMILES string of the molecule is CCCOc1nc(N)c2ncc(Cc3cnc(N4CCN(C(=O)CN(C)C)CC4)c(C)c3)n2n1. The summed E-state index contributed by atoms with van der Waals surface area (Å²) >= 11 is 0. The van der Waals surface area contributed by atoms with Gasteiger partial charge in [0.25, 0.3) is 0 Å². The van der Waals surface area contributed by atoms with Gasteiger partial charge in [0.05, 0.1) is 25.0 Å². The Kier molecular flexibility index (Phi) is 7.11. The fraction of sp³-hybridized carbons (Fsp3) is 0.522. The zero-order valence-electron chi connectivity index (χ0n) is 20.4. The van der Waals surface area contributed by atoms with E-state index in [0.29, 0.717) is 44.1 Å². The van der Waals surface area contributed by atoms with Crippen LogP contribution < -0.4 is 15.4 Å². The summed E-state index contributed by atoms with van der Waals surface area (Å²) in [7, 11) is 3.83. The fourth-order valence-corrected chi connectivity index (χ4v) is 4.10. The molecule has 0 bridgehead atoms. The van der Waals surface area contributed by atoms with E-state index >= 15 is 0 Å². The second kappa shape index (κ2) is 10.2. The number of carbonyl (C=O) groups is 1. The lowest BCUT2D eigenvalue weighted by Gasteiger charge is -2.36. The van der Waals surface area contributed by atoms with Gasteiger partial charge in [-0.2, -0.15) is 4.98 Å². The Morgan fingerprint density at radius 3 is 2.62 bits per heavy atom. The Hall–Kier alpha value is -3.47. The highest BCUT2D eigenvalue weighted by molar-refractivity contribution is 5.78. The van der Waals surface area contributed by atoms with E-state index < -0.39 is 0 Å². The summed E-state index contributed by atoms with van der Waals surface area (Å²) in [6.07, 6.45) is 5.12. The van der Waals surface area contributed by atoms with Crippen molar-refractivity contribution in [1.82, 2.24) is 34.4 Å². The van der Waals surface area contributed by atoms with Crippen LogP contribution in [0.1, 0.15) is 30.2 Å². The van der Waals surface area contributed by atoms with Gasteiger partial charge in [-0.15, -0.1) is 5.10 Å². The average molecular weight is 468 g/mol. The molecule has 0 radical (unpaired) electrons. The summed E-state index contributed by atoms with van der Waals surface area (Å²) in [5.74, 6) is 1.43. The Morgan fingerprint density at radius 1 is 1.18 bits per heavy atom. The standard InChI is InChI=1S/C23H33N9O2/c1-5-10-34-23-27-20(24)22-26-14-18(32(22)28-23)12-17-11-16(2)21(25-13-17)31-8-6-30(7-9-31)19(33)15-29(3)4/h11,13-14H,5-10,12,15H2,1-4H3,(H2,24,27,28). The maximum Gasteiger partial charge on any atom is 0.336 e. The number of imidazole rings is 1. The first-order chi connectivity index (χ1) is 16.4. The predicted octanol–water partition coefficient (Wildman–Crippen LogP) is 1.000. The summed E-state index contributed by atoms with van der Waals surface area (Å²) < 4.78 is 7.26. The Balaban J connectivity index is 1.45. The zero-order chi connectivity index (χ0) is 24.2. The predicted molar refractivity (Wildman–Crippen MR) is 130 cm³/mol. The summed E-state index contributed by atoms with van der Waals surface area (Å²) in [5, 5.41) is 4.46. The lowest BCUT2D eigenvalue weighted by atomic mass is 10.1. The van der Waals surface area contributed by atoms with Gasteiger partial charge in [0, 0.05) is 38.8 Å². The van der Waals surface area contributed by atoms with Crippen molar-refractivity contribution in [3.8, 4) is 6.01 Å². The van der Waals surface area contributed by atoms with Gasteiger partial charge in [-0.3, -0.25) is 4.79 Å². The molecule has 4 heterocycles. The van der Waals surface area contributed by atoms with Crippen molar-refractivity contribution in [1.29, 1.82) is 0 Å². The minimum absolute atomic E-state index is 0.172. The van der Waals surface area contributed by atoms with Crippen molar-refractivity contribution in [3.63, 3.8) is 0 Å². The number of carbonyl (C=O) groups excluding carboxylic acids is 1. The number of aromatic nitrogens is 5. The zero-order valence-corrected chi connectivity index (χ0v) is 20.4. The highest BCUT2D eigenvalue weighted by atomic mass is 16.5. The van der Waals surface area contributed by atoms with Crippen molar-refractivity contribution < 1.29 is 9.53 Å². The number of anilines is 2. The van der Waals surface area contributed by atoms with Gasteiger partial charge in [-0.05, 0) is 38.6 Å². The molecule has 0 aliphatic carbocycles. The van der Waals surface area contributed by atoms with Crippen molar-refractivity contribution in [2.45, 2.75) is 26.7 Å². The minimum Gasteiger partial charge on any atom is -0.462 e. The molecule has 11 heteroatoms. The molecule has 0 atom stereocenters. The molecule has 3 aromatic rings. The van der Waals surface area contributed by atoms with Crippen LogP contribution in [-0.4, -0.2) is 93.7 Å². The molecule has 1 amide bonds. The molecule has 2 N–H and O–H groups in total. The second-order valence-electron chi connectivity index (χ2n) is 8.88. The molecule has 1 saturated heterocycles. The molecular formula is C23H33N9O2. The van der Waals surface area contributed by atoms with Crippen LogP contribution >= 0.6 is 0 Å². The smallest absolute Gasteiger partial charge is 0.336 e. The Bertz CT molecular complexity index is 1150. The van der Waals surface area contributed by atoms with E-state index in [2.05, 4.69) is 33.0 Å². The number of nitrogens with two attached hydrogens (primary N) is 1. The molecule has 1 aliphatic heterocycles. The first-order valence-electron chi connectivity index (χ1n) is 11.6. The number of piperazine rings is 1. The minimum atomic E-state index is 0.172. The second-order valence-corrected chi connectivity index (χ2v) is 8.88. The molecule has 0 unspecified atom stereocenters. The van der Waals surface area contributed by atoms with E-state index in [1.807, 2.05) is 37.0 Å². The fourth-order valence-electron chi connectivity index (χ4n) is 4.10. The average Bonchev–Trinajstić information content (AvgIpc) is 3.20. The molecule has 1 aliphatic rings. The van der Waals surface area contributed by atoms with Crippen LogP contribution in [0.5, 0.6) is 6.01 Å². The molecule has 0 aromatic carbocycles.